The maximum absolute atomic E-state index is 12.1. The molecule has 0 saturated heterocycles. The van der Waals surface area contributed by atoms with Crippen LogP contribution in [0.5, 0.6) is 0 Å². The van der Waals surface area contributed by atoms with Crippen LogP contribution in [0.4, 0.5) is 0 Å². The zero-order chi connectivity index (χ0) is 13.9. The molecular weight excluding hydrogens is 284 g/mol. The van der Waals surface area contributed by atoms with Crippen molar-refractivity contribution in [1.29, 1.82) is 0 Å². The van der Waals surface area contributed by atoms with E-state index in [0.29, 0.717) is 5.02 Å². The molecule has 0 amide bonds. The highest BCUT2D eigenvalue weighted by molar-refractivity contribution is 7.89. The smallest absolute Gasteiger partial charge is 0.240 e. The summed E-state index contributed by atoms with van der Waals surface area (Å²) in [5, 5.41) is 0.434. The van der Waals surface area contributed by atoms with Crippen LogP contribution in [0.25, 0.3) is 0 Å². The van der Waals surface area contributed by atoms with Gasteiger partial charge in [-0.2, -0.15) is 0 Å². The number of pyridine rings is 1. The van der Waals surface area contributed by atoms with E-state index in [1.54, 1.807) is 30.6 Å². The molecule has 19 heavy (non-hydrogen) atoms. The first-order chi connectivity index (χ1) is 8.99. The first-order valence-corrected chi connectivity index (χ1v) is 7.50. The van der Waals surface area contributed by atoms with Gasteiger partial charge in [0.25, 0.3) is 0 Å². The number of sulfonamides is 1. The minimum Gasteiger partial charge on any atom is -0.264 e. The molecule has 0 unspecified atom stereocenters. The average Bonchev–Trinajstić information content (AvgIpc) is 2.41. The molecule has 0 spiro atoms. The Hall–Kier alpha value is -1.43. The first kappa shape index (κ1) is 14.0. The van der Waals surface area contributed by atoms with E-state index in [2.05, 4.69) is 9.71 Å². The molecule has 2 rings (SSSR count). The largest absolute Gasteiger partial charge is 0.264 e. The highest BCUT2D eigenvalue weighted by atomic mass is 35.5. The van der Waals surface area contributed by atoms with E-state index in [4.69, 9.17) is 11.6 Å². The maximum Gasteiger partial charge on any atom is 0.240 e. The van der Waals surface area contributed by atoms with Crippen LogP contribution in [0.3, 0.4) is 0 Å². The van der Waals surface area contributed by atoms with E-state index in [0.717, 1.165) is 11.1 Å². The van der Waals surface area contributed by atoms with Crippen LogP contribution in [-0.2, 0) is 16.6 Å². The van der Waals surface area contributed by atoms with Gasteiger partial charge in [-0.1, -0.05) is 23.7 Å². The van der Waals surface area contributed by atoms with Crippen molar-refractivity contribution in [2.75, 3.05) is 0 Å². The number of hydrogen-bond donors (Lipinski definition) is 1. The average molecular weight is 297 g/mol. The first-order valence-electron chi connectivity index (χ1n) is 5.64. The minimum absolute atomic E-state index is 0.159. The molecule has 0 saturated carbocycles. The Kier molecular flexibility index (Phi) is 4.19. The third-order valence-corrected chi connectivity index (χ3v) is 4.45. The number of rotatable bonds is 4. The van der Waals surface area contributed by atoms with Crippen LogP contribution < -0.4 is 4.72 Å². The molecule has 2 aromatic rings. The van der Waals surface area contributed by atoms with Crippen LogP contribution in [0.1, 0.15) is 11.1 Å². The van der Waals surface area contributed by atoms with Crippen LogP contribution >= 0.6 is 11.6 Å². The third-order valence-electron chi connectivity index (χ3n) is 2.64. The molecule has 0 atom stereocenters. The lowest BCUT2D eigenvalue weighted by Gasteiger charge is -2.08. The number of aromatic nitrogens is 1. The van der Waals surface area contributed by atoms with Crippen molar-refractivity contribution >= 4 is 21.6 Å². The summed E-state index contributed by atoms with van der Waals surface area (Å²) in [5.74, 6) is 0. The van der Waals surface area contributed by atoms with Gasteiger partial charge < -0.3 is 0 Å². The lowest BCUT2D eigenvalue weighted by molar-refractivity contribution is 0.581. The molecule has 0 aliphatic carbocycles. The predicted octanol–water partition coefficient (Wildman–Crippen LogP) is 2.52. The van der Waals surface area contributed by atoms with Crippen molar-refractivity contribution in [3.63, 3.8) is 0 Å². The highest BCUT2D eigenvalue weighted by Gasteiger charge is 2.14. The van der Waals surface area contributed by atoms with Gasteiger partial charge in [0.1, 0.15) is 0 Å². The second kappa shape index (κ2) is 5.69. The van der Waals surface area contributed by atoms with Crippen molar-refractivity contribution in [1.82, 2.24) is 9.71 Å². The standard InChI is InChI=1S/C13H13ClN2O2S/c1-10-4-5-12(7-13(10)14)19(17,18)16-9-11-3-2-6-15-8-11/h2-8,16H,9H2,1H3. The van der Waals surface area contributed by atoms with Crippen molar-refractivity contribution in [3.8, 4) is 0 Å². The Balaban J connectivity index is 2.16. The van der Waals surface area contributed by atoms with Gasteiger partial charge in [0.2, 0.25) is 10.0 Å². The third kappa shape index (κ3) is 3.53. The molecule has 4 nitrogen and oxygen atoms in total. The highest BCUT2D eigenvalue weighted by Crippen LogP contribution is 2.19. The summed E-state index contributed by atoms with van der Waals surface area (Å²) < 4.78 is 26.7. The monoisotopic (exact) mass is 296 g/mol. The SMILES string of the molecule is Cc1ccc(S(=O)(=O)NCc2cccnc2)cc1Cl. The summed E-state index contributed by atoms with van der Waals surface area (Å²) in [6.45, 7) is 2.02. The molecule has 1 aromatic carbocycles. The van der Waals surface area contributed by atoms with E-state index in [1.165, 1.54) is 12.1 Å². The van der Waals surface area contributed by atoms with E-state index >= 15 is 0 Å². The summed E-state index contributed by atoms with van der Waals surface area (Å²) >= 11 is 5.93. The van der Waals surface area contributed by atoms with Crippen molar-refractivity contribution < 1.29 is 8.42 Å². The second-order valence-corrected chi connectivity index (χ2v) is 6.27. The van der Waals surface area contributed by atoms with E-state index in [9.17, 15) is 8.42 Å². The molecular formula is C13H13ClN2O2S. The maximum atomic E-state index is 12.1. The van der Waals surface area contributed by atoms with Crippen molar-refractivity contribution in [2.24, 2.45) is 0 Å². The molecule has 1 heterocycles. The second-order valence-electron chi connectivity index (χ2n) is 4.10. The van der Waals surface area contributed by atoms with Gasteiger partial charge in [0, 0.05) is 24.0 Å². The topological polar surface area (TPSA) is 59.1 Å². The number of halogens is 1. The number of aryl methyl sites for hydroxylation is 1. The molecule has 0 radical (unpaired) electrons. The van der Waals surface area contributed by atoms with Gasteiger partial charge in [0.15, 0.2) is 0 Å². The van der Waals surface area contributed by atoms with Crippen LogP contribution in [0.15, 0.2) is 47.6 Å². The summed E-state index contributed by atoms with van der Waals surface area (Å²) in [6.07, 6.45) is 3.25. The van der Waals surface area contributed by atoms with Crippen LogP contribution in [0.2, 0.25) is 5.02 Å². The van der Waals surface area contributed by atoms with Gasteiger partial charge in [-0.25, -0.2) is 13.1 Å². The van der Waals surface area contributed by atoms with Crippen LogP contribution in [0, 0.1) is 6.92 Å². The summed E-state index contributed by atoms with van der Waals surface area (Å²) in [6, 6.07) is 8.22. The fraction of sp³-hybridized carbons (Fsp3) is 0.154. The number of hydrogen-bond acceptors (Lipinski definition) is 3. The number of benzene rings is 1. The van der Waals surface area contributed by atoms with Crippen molar-refractivity contribution in [3.05, 3.63) is 58.9 Å². The molecule has 0 bridgehead atoms. The lowest BCUT2D eigenvalue weighted by Crippen LogP contribution is -2.23. The van der Waals surface area contributed by atoms with E-state index in [-0.39, 0.29) is 11.4 Å². The Morgan fingerprint density at radius 2 is 2.11 bits per heavy atom. The fourth-order valence-corrected chi connectivity index (χ4v) is 2.79. The van der Waals surface area contributed by atoms with Gasteiger partial charge in [-0.05, 0) is 36.2 Å². The molecule has 0 aliphatic rings. The summed E-state index contributed by atoms with van der Waals surface area (Å²) in [7, 11) is -3.56. The zero-order valence-corrected chi connectivity index (χ0v) is 11.9. The van der Waals surface area contributed by atoms with Gasteiger partial charge in [-0.3, -0.25) is 4.98 Å². The normalized spacial score (nSPS) is 11.5. The Morgan fingerprint density at radius 3 is 2.74 bits per heavy atom. The Morgan fingerprint density at radius 1 is 1.32 bits per heavy atom. The van der Waals surface area contributed by atoms with Gasteiger partial charge in [0.05, 0.1) is 4.90 Å². The number of nitrogens with zero attached hydrogens (tertiary/aromatic N) is 1. The fourth-order valence-electron chi connectivity index (χ4n) is 1.51. The molecule has 0 aliphatic heterocycles. The minimum atomic E-state index is -3.56. The molecule has 1 N–H and O–H groups in total. The number of nitrogens with one attached hydrogen (secondary N) is 1. The van der Waals surface area contributed by atoms with E-state index in [1.807, 2.05) is 6.92 Å². The quantitative estimate of drug-likeness (QED) is 0.943. The lowest BCUT2D eigenvalue weighted by atomic mass is 10.2. The van der Waals surface area contributed by atoms with Crippen molar-refractivity contribution in [2.45, 2.75) is 18.4 Å². The molecule has 100 valence electrons. The van der Waals surface area contributed by atoms with Crippen LogP contribution in [-0.4, -0.2) is 13.4 Å². The predicted molar refractivity (Wildman–Crippen MR) is 74.5 cm³/mol. The Labute approximate surface area is 117 Å². The van der Waals surface area contributed by atoms with E-state index < -0.39 is 10.0 Å². The summed E-state index contributed by atoms with van der Waals surface area (Å²) in [4.78, 5) is 4.09. The van der Waals surface area contributed by atoms with Gasteiger partial charge >= 0.3 is 0 Å². The Bertz CT molecular complexity index is 672. The molecule has 6 heteroatoms. The molecule has 0 fully saturated rings. The van der Waals surface area contributed by atoms with Gasteiger partial charge in [-0.15, -0.1) is 0 Å². The summed E-state index contributed by atoms with van der Waals surface area (Å²) in [5.41, 5.74) is 1.64. The zero-order valence-electron chi connectivity index (χ0n) is 10.3. The molecule has 1 aromatic heterocycles.